The topological polar surface area (TPSA) is 113 Å². The molecule has 2 amide bonds. The summed E-state index contributed by atoms with van der Waals surface area (Å²) in [6.45, 7) is 1.81. The molecule has 1 aliphatic heterocycles. The fraction of sp³-hybridized carbons (Fsp3) is 0.429. The number of hydrogen-bond acceptors (Lipinski definition) is 6. The van der Waals surface area contributed by atoms with E-state index >= 15 is 0 Å². The summed E-state index contributed by atoms with van der Waals surface area (Å²) in [5, 5.41) is 17.0. The van der Waals surface area contributed by atoms with Crippen LogP contribution in [0.25, 0.3) is 0 Å². The first kappa shape index (κ1) is 19.3. The molecule has 3 saturated carbocycles. The number of ether oxygens (including phenoxy) is 1. The minimum Gasteiger partial charge on any atom is -0.480 e. The van der Waals surface area contributed by atoms with Crippen LogP contribution in [0.2, 0.25) is 5.02 Å². The first-order valence-electron chi connectivity index (χ1n) is 9.84. The highest BCUT2D eigenvalue weighted by molar-refractivity contribution is 6.30. The number of rotatable bonds is 4. The van der Waals surface area contributed by atoms with Gasteiger partial charge < -0.3 is 20.5 Å². The van der Waals surface area contributed by atoms with Crippen molar-refractivity contribution >= 4 is 23.4 Å². The number of nitrogens with zero attached hydrogens (tertiary/aromatic N) is 2. The van der Waals surface area contributed by atoms with Crippen molar-refractivity contribution in [3.63, 3.8) is 0 Å². The lowest BCUT2D eigenvalue weighted by molar-refractivity contribution is -0.147. The fourth-order valence-corrected chi connectivity index (χ4v) is 4.97. The van der Waals surface area contributed by atoms with Gasteiger partial charge in [0, 0.05) is 34.3 Å². The molecule has 0 unspecified atom stereocenters. The average molecular weight is 429 g/mol. The van der Waals surface area contributed by atoms with Gasteiger partial charge >= 0.3 is 0 Å². The van der Waals surface area contributed by atoms with Crippen LogP contribution < -0.4 is 15.4 Å². The highest BCUT2D eigenvalue weighted by atomic mass is 35.5. The molecule has 2 heterocycles. The third kappa shape index (κ3) is 3.20. The normalized spacial score (nSPS) is 30.8. The second-order valence-corrected chi connectivity index (χ2v) is 9.05. The molecule has 2 aromatic rings. The molecule has 0 radical (unpaired) electrons. The molecule has 30 heavy (non-hydrogen) atoms. The van der Waals surface area contributed by atoms with Crippen LogP contribution >= 0.6 is 11.6 Å². The first-order valence-corrected chi connectivity index (χ1v) is 10.2. The van der Waals surface area contributed by atoms with Crippen molar-refractivity contribution in [3.8, 4) is 5.75 Å². The predicted molar refractivity (Wildman–Crippen MR) is 107 cm³/mol. The summed E-state index contributed by atoms with van der Waals surface area (Å²) in [6.07, 6.45) is 3.61. The number of hydrogen-bond donors (Lipinski definition) is 3. The standard InChI is InChI=1S/C21H21ClN4O4/c1-11-6-24-14(7-23-11)18(28)25-20-8-21(9-20,10-20)26-19(29)17-5-15(27)13-4-12(22)2-3-16(13)30-17/h2-4,6-7,15,17,27H,5,8-10H2,1H3,(H,25,28)(H,26,29)/t15-,17-,20?,21?/m1/s1. The van der Waals surface area contributed by atoms with Gasteiger partial charge in [0.05, 0.1) is 18.0 Å². The maximum absolute atomic E-state index is 12.8. The molecule has 0 saturated heterocycles. The van der Waals surface area contributed by atoms with E-state index in [4.69, 9.17) is 16.3 Å². The molecule has 0 spiro atoms. The Hall–Kier alpha value is -2.71. The van der Waals surface area contributed by atoms with E-state index in [0.717, 1.165) is 5.69 Å². The molecule has 3 fully saturated rings. The third-order valence-corrected chi connectivity index (χ3v) is 6.38. The lowest BCUT2D eigenvalue weighted by atomic mass is 9.44. The summed E-state index contributed by atoms with van der Waals surface area (Å²) in [6, 6.07) is 4.99. The van der Waals surface area contributed by atoms with Crippen LogP contribution in [0, 0.1) is 6.92 Å². The SMILES string of the molecule is Cc1cnc(C(=O)NC23CC(NC(=O)[C@H]4C[C@@H](O)c5cc(Cl)ccc5O4)(C2)C3)cn1. The van der Waals surface area contributed by atoms with Gasteiger partial charge in [0.25, 0.3) is 11.8 Å². The van der Waals surface area contributed by atoms with Crippen LogP contribution in [0.5, 0.6) is 5.75 Å². The largest absolute Gasteiger partial charge is 0.480 e. The molecule has 6 rings (SSSR count). The van der Waals surface area contributed by atoms with Crippen molar-refractivity contribution < 1.29 is 19.4 Å². The molecular formula is C21H21ClN4O4. The molecule has 4 aliphatic rings. The van der Waals surface area contributed by atoms with Gasteiger partial charge in [0.15, 0.2) is 6.10 Å². The number of amides is 2. The van der Waals surface area contributed by atoms with Crippen molar-refractivity contribution in [2.45, 2.75) is 55.9 Å². The van der Waals surface area contributed by atoms with Crippen LogP contribution in [-0.4, -0.2) is 44.1 Å². The van der Waals surface area contributed by atoms with Gasteiger partial charge in [-0.15, -0.1) is 0 Å². The van der Waals surface area contributed by atoms with Crippen molar-refractivity contribution in [2.75, 3.05) is 0 Å². The van der Waals surface area contributed by atoms with Crippen LogP contribution in [0.4, 0.5) is 0 Å². The summed E-state index contributed by atoms with van der Waals surface area (Å²) < 4.78 is 5.79. The van der Waals surface area contributed by atoms with Crippen LogP contribution in [-0.2, 0) is 4.79 Å². The molecule has 156 valence electrons. The Morgan fingerprint density at radius 3 is 2.60 bits per heavy atom. The van der Waals surface area contributed by atoms with Gasteiger partial charge in [-0.25, -0.2) is 4.98 Å². The van der Waals surface area contributed by atoms with Crippen LogP contribution in [0.15, 0.2) is 30.6 Å². The van der Waals surface area contributed by atoms with E-state index < -0.39 is 12.2 Å². The lowest BCUT2D eigenvalue weighted by Gasteiger charge is -2.70. The summed E-state index contributed by atoms with van der Waals surface area (Å²) in [4.78, 5) is 33.3. The number of benzene rings is 1. The molecule has 1 aromatic heterocycles. The maximum atomic E-state index is 12.8. The molecule has 3 N–H and O–H groups in total. The number of carbonyl (C=O) groups excluding carboxylic acids is 2. The van der Waals surface area contributed by atoms with Gasteiger partial charge in [-0.2, -0.15) is 0 Å². The van der Waals surface area contributed by atoms with E-state index in [2.05, 4.69) is 20.6 Å². The number of aryl methyl sites for hydroxylation is 1. The van der Waals surface area contributed by atoms with Gasteiger partial charge in [-0.05, 0) is 44.4 Å². The number of carbonyl (C=O) groups is 2. The molecule has 8 nitrogen and oxygen atoms in total. The van der Waals surface area contributed by atoms with E-state index in [-0.39, 0.29) is 35.0 Å². The molecule has 3 aliphatic carbocycles. The van der Waals surface area contributed by atoms with E-state index in [1.165, 1.54) is 6.20 Å². The molecule has 2 atom stereocenters. The quantitative estimate of drug-likeness (QED) is 0.684. The summed E-state index contributed by atoms with van der Waals surface area (Å²) in [5.74, 6) is -0.0337. The Bertz CT molecular complexity index is 1020. The molecular weight excluding hydrogens is 408 g/mol. The van der Waals surface area contributed by atoms with Crippen molar-refractivity contribution in [1.82, 2.24) is 20.6 Å². The average Bonchev–Trinajstić information content (AvgIpc) is 2.66. The van der Waals surface area contributed by atoms with Gasteiger partial charge in [0.1, 0.15) is 11.4 Å². The lowest BCUT2D eigenvalue weighted by Crippen LogP contribution is -2.84. The minimum atomic E-state index is -0.808. The van der Waals surface area contributed by atoms with Crippen LogP contribution in [0.1, 0.15) is 53.5 Å². The number of aliphatic hydroxyl groups is 1. The zero-order chi connectivity index (χ0) is 21.1. The Kier molecular flexibility index (Phi) is 4.27. The Morgan fingerprint density at radius 2 is 1.90 bits per heavy atom. The minimum absolute atomic E-state index is 0.170. The zero-order valence-electron chi connectivity index (χ0n) is 16.3. The zero-order valence-corrected chi connectivity index (χ0v) is 17.1. The molecule has 9 heteroatoms. The Labute approximate surface area is 178 Å². The van der Waals surface area contributed by atoms with Crippen molar-refractivity contribution in [1.29, 1.82) is 0 Å². The maximum Gasteiger partial charge on any atom is 0.271 e. The summed E-state index contributed by atoms with van der Waals surface area (Å²) in [5.41, 5.74) is 1.01. The number of halogens is 1. The predicted octanol–water partition coefficient (Wildman–Crippen LogP) is 1.84. The monoisotopic (exact) mass is 428 g/mol. The summed E-state index contributed by atoms with van der Waals surface area (Å²) in [7, 11) is 0. The number of aromatic nitrogens is 2. The third-order valence-electron chi connectivity index (χ3n) is 6.14. The van der Waals surface area contributed by atoms with Gasteiger partial charge in [-0.3, -0.25) is 14.6 Å². The Balaban J connectivity index is 1.17. The highest BCUT2D eigenvalue weighted by Crippen LogP contribution is 2.60. The fourth-order valence-electron chi connectivity index (χ4n) is 4.79. The smallest absolute Gasteiger partial charge is 0.271 e. The van der Waals surface area contributed by atoms with Crippen LogP contribution in [0.3, 0.4) is 0 Å². The van der Waals surface area contributed by atoms with Gasteiger partial charge in [-0.1, -0.05) is 11.6 Å². The van der Waals surface area contributed by atoms with Crippen molar-refractivity contribution in [3.05, 3.63) is 52.6 Å². The molecule has 1 aromatic carbocycles. The highest BCUT2D eigenvalue weighted by Gasteiger charge is 2.69. The summed E-state index contributed by atoms with van der Waals surface area (Å²) >= 11 is 5.97. The molecule has 2 bridgehead atoms. The van der Waals surface area contributed by atoms with E-state index in [1.807, 2.05) is 6.92 Å². The van der Waals surface area contributed by atoms with Crippen molar-refractivity contribution in [2.24, 2.45) is 0 Å². The van der Waals surface area contributed by atoms with E-state index in [1.54, 1.807) is 24.4 Å². The number of nitrogens with one attached hydrogen (secondary N) is 2. The van der Waals surface area contributed by atoms with E-state index in [9.17, 15) is 14.7 Å². The van der Waals surface area contributed by atoms with Gasteiger partial charge in [0.2, 0.25) is 0 Å². The number of fused-ring (bicyclic) bond motifs is 1. The first-order chi connectivity index (χ1) is 14.3. The second-order valence-electron chi connectivity index (χ2n) is 8.62. The Morgan fingerprint density at radius 1 is 1.17 bits per heavy atom. The number of aliphatic hydroxyl groups excluding tert-OH is 1. The van der Waals surface area contributed by atoms with E-state index in [0.29, 0.717) is 35.6 Å². The second kappa shape index (κ2) is 6.65.